The molecule has 1 heterocycles. The summed E-state index contributed by atoms with van der Waals surface area (Å²) in [6.07, 6.45) is -0.150. The minimum absolute atomic E-state index is 0.150. The second-order valence-electron chi connectivity index (χ2n) is 3.14. The molecule has 1 aromatic rings. The van der Waals surface area contributed by atoms with Crippen LogP contribution in [0.3, 0.4) is 0 Å². The predicted octanol–water partition coefficient (Wildman–Crippen LogP) is 1.10. The number of rotatable bonds is 4. The highest BCUT2D eigenvalue weighted by molar-refractivity contribution is 7.09. The molecule has 0 saturated carbocycles. The van der Waals surface area contributed by atoms with Crippen LogP contribution in [0, 0.1) is 6.92 Å². The number of carbonyl (C=O) groups is 2. The van der Waals surface area contributed by atoms with Gasteiger partial charge in [0.05, 0.1) is 23.2 Å². The molecule has 0 fully saturated rings. The summed E-state index contributed by atoms with van der Waals surface area (Å²) in [6.45, 7) is 3.19. The van der Waals surface area contributed by atoms with Gasteiger partial charge >= 0.3 is 5.97 Å². The highest BCUT2D eigenvalue weighted by atomic mass is 32.1. The molecular formula is C9H12N2O3S. The van der Waals surface area contributed by atoms with Crippen molar-refractivity contribution >= 4 is 23.2 Å². The third-order valence-corrected chi connectivity index (χ3v) is 2.54. The van der Waals surface area contributed by atoms with E-state index < -0.39 is 12.0 Å². The number of carboxylic acid groups (broad SMARTS) is 1. The molecule has 0 spiro atoms. The van der Waals surface area contributed by atoms with Gasteiger partial charge in [0.1, 0.15) is 0 Å². The third-order valence-electron chi connectivity index (χ3n) is 1.75. The van der Waals surface area contributed by atoms with Gasteiger partial charge in [0, 0.05) is 12.3 Å². The molecule has 0 aliphatic rings. The van der Waals surface area contributed by atoms with Crippen molar-refractivity contribution in [1.29, 1.82) is 0 Å². The van der Waals surface area contributed by atoms with E-state index in [1.54, 1.807) is 5.38 Å². The molecule has 0 aliphatic carbocycles. The van der Waals surface area contributed by atoms with Crippen molar-refractivity contribution in [2.24, 2.45) is 0 Å². The molecule has 2 N–H and O–H groups in total. The summed E-state index contributed by atoms with van der Waals surface area (Å²) >= 11 is 1.43. The number of thiazole rings is 1. The summed E-state index contributed by atoms with van der Waals surface area (Å²) in [4.78, 5) is 25.6. The van der Waals surface area contributed by atoms with Gasteiger partial charge in [0.2, 0.25) is 5.91 Å². The van der Waals surface area contributed by atoms with E-state index in [-0.39, 0.29) is 12.3 Å². The van der Waals surface area contributed by atoms with Crippen molar-refractivity contribution in [2.45, 2.75) is 26.3 Å². The number of amides is 1. The summed E-state index contributed by atoms with van der Waals surface area (Å²) in [5.74, 6) is -1.22. The lowest BCUT2D eigenvalue weighted by Gasteiger charge is -2.12. The lowest BCUT2D eigenvalue weighted by Crippen LogP contribution is -2.28. The first kappa shape index (κ1) is 11.6. The average molecular weight is 228 g/mol. The summed E-state index contributed by atoms with van der Waals surface area (Å²) in [7, 11) is 0. The van der Waals surface area contributed by atoms with Gasteiger partial charge < -0.3 is 10.4 Å². The molecule has 82 valence electrons. The van der Waals surface area contributed by atoms with E-state index in [0.29, 0.717) is 5.69 Å². The highest BCUT2D eigenvalue weighted by Gasteiger charge is 2.18. The van der Waals surface area contributed by atoms with Gasteiger partial charge in [-0.1, -0.05) is 0 Å². The zero-order valence-electron chi connectivity index (χ0n) is 8.48. The summed E-state index contributed by atoms with van der Waals surface area (Å²) in [6, 6.07) is -0.537. The first-order chi connectivity index (χ1) is 6.99. The second kappa shape index (κ2) is 4.88. The van der Waals surface area contributed by atoms with Crippen LogP contribution in [0.5, 0.6) is 0 Å². The molecule has 1 atom stereocenters. The Hall–Kier alpha value is -1.43. The van der Waals surface area contributed by atoms with Crippen LogP contribution in [0.15, 0.2) is 5.38 Å². The molecule has 5 nitrogen and oxygen atoms in total. The number of aryl methyl sites for hydroxylation is 1. The minimum Gasteiger partial charge on any atom is -0.481 e. The number of nitrogens with zero attached hydrogens (tertiary/aromatic N) is 1. The Morgan fingerprint density at radius 3 is 2.73 bits per heavy atom. The molecule has 1 aromatic heterocycles. The molecule has 1 unspecified atom stereocenters. The van der Waals surface area contributed by atoms with E-state index >= 15 is 0 Å². The second-order valence-corrected chi connectivity index (χ2v) is 4.20. The standard InChI is InChI=1S/C9H12N2O3S/c1-5(12)10-7(3-9(13)14)8-4-15-6(2)11-8/h4,7H,3H2,1-2H3,(H,10,12)(H,13,14). The van der Waals surface area contributed by atoms with Crippen molar-refractivity contribution < 1.29 is 14.7 Å². The zero-order valence-corrected chi connectivity index (χ0v) is 9.30. The minimum atomic E-state index is -0.959. The normalized spacial score (nSPS) is 12.1. The van der Waals surface area contributed by atoms with E-state index in [4.69, 9.17) is 5.11 Å². The van der Waals surface area contributed by atoms with Crippen molar-refractivity contribution in [3.8, 4) is 0 Å². The van der Waals surface area contributed by atoms with Crippen LogP contribution in [0.2, 0.25) is 0 Å². The summed E-state index contributed by atoms with van der Waals surface area (Å²) in [5, 5.41) is 13.9. The fourth-order valence-corrected chi connectivity index (χ4v) is 1.86. The smallest absolute Gasteiger partial charge is 0.305 e. The maximum Gasteiger partial charge on any atom is 0.305 e. The van der Waals surface area contributed by atoms with Crippen LogP contribution in [0.1, 0.15) is 30.1 Å². The topological polar surface area (TPSA) is 79.3 Å². The summed E-state index contributed by atoms with van der Waals surface area (Å²) in [5.41, 5.74) is 0.607. The highest BCUT2D eigenvalue weighted by Crippen LogP contribution is 2.19. The predicted molar refractivity (Wildman–Crippen MR) is 55.7 cm³/mol. The van der Waals surface area contributed by atoms with E-state index in [1.807, 2.05) is 6.92 Å². The number of hydrogen-bond donors (Lipinski definition) is 2. The number of aromatic nitrogens is 1. The van der Waals surface area contributed by atoms with E-state index in [0.717, 1.165) is 5.01 Å². The average Bonchev–Trinajstić information content (AvgIpc) is 2.48. The van der Waals surface area contributed by atoms with Gasteiger partial charge in [-0.3, -0.25) is 9.59 Å². The molecule has 1 amide bonds. The Morgan fingerprint density at radius 2 is 2.33 bits per heavy atom. The van der Waals surface area contributed by atoms with Crippen LogP contribution in [-0.2, 0) is 9.59 Å². The van der Waals surface area contributed by atoms with Gasteiger partial charge in [0.15, 0.2) is 0 Å². The van der Waals surface area contributed by atoms with Crippen molar-refractivity contribution in [2.75, 3.05) is 0 Å². The molecule has 6 heteroatoms. The molecule has 0 radical (unpaired) electrons. The van der Waals surface area contributed by atoms with Crippen LogP contribution < -0.4 is 5.32 Å². The Morgan fingerprint density at radius 1 is 1.67 bits per heavy atom. The molecule has 15 heavy (non-hydrogen) atoms. The van der Waals surface area contributed by atoms with Crippen LogP contribution >= 0.6 is 11.3 Å². The van der Waals surface area contributed by atoms with Crippen molar-refractivity contribution in [3.63, 3.8) is 0 Å². The number of carbonyl (C=O) groups excluding carboxylic acids is 1. The molecule has 0 saturated heterocycles. The van der Waals surface area contributed by atoms with Crippen LogP contribution in [-0.4, -0.2) is 22.0 Å². The molecular weight excluding hydrogens is 216 g/mol. The van der Waals surface area contributed by atoms with Gasteiger partial charge in [-0.05, 0) is 6.92 Å². The zero-order chi connectivity index (χ0) is 11.4. The Bertz CT molecular complexity index is 359. The van der Waals surface area contributed by atoms with E-state index in [9.17, 15) is 9.59 Å². The Balaban J connectivity index is 2.80. The van der Waals surface area contributed by atoms with Gasteiger partial charge in [-0.25, -0.2) is 4.98 Å². The Kier molecular flexibility index (Phi) is 3.79. The maximum absolute atomic E-state index is 10.9. The lowest BCUT2D eigenvalue weighted by molar-refractivity contribution is -0.137. The first-order valence-electron chi connectivity index (χ1n) is 4.40. The SMILES string of the molecule is CC(=O)NC(CC(=O)O)c1csc(C)n1. The quantitative estimate of drug-likeness (QED) is 0.808. The molecule has 0 aliphatic heterocycles. The van der Waals surface area contributed by atoms with Crippen molar-refractivity contribution in [3.05, 3.63) is 16.1 Å². The number of nitrogens with one attached hydrogen (secondary N) is 1. The van der Waals surface area contributed by atoms with Gasteiger partial charge in [0.25, 0.3) is 0 Å². The fourth-order valence-electron chi connectivity index (χ4n) is 1.19. The van der Waals surface area contributed by atoms with E-state index in [2.05, 4.69) is 10.3 Å². The summed E-state index contributed by atoms with van der Waals surface area (Å²) < 4.78 is 0. The van der Waals surface area contributed by atoms with Crippen LogP contribution in [0.25, 0.3) is 0 Å². The number of hydrogen-bond acceptors (Lipinski definition) is 4. The van der Waals surface area contributed by atoms with Crippen molar-refractivity contribution in [1.82, 2.24) is 10.3 Å². The lowest BCUT2D eigenvalue weighted by atomic mass is 10.1. The molecule has 0 aromatic carbocycles. The largest absolute Gasteiger partial charge is 0.481 e. The number of aliphatic carboxylic acids is 1. The molecule has 1 rings (SSSR count). The van der Waals surface area contributed by atoms with Crippen LogP contribution in [0.4, 0.5) is 0 Å². The van der Waals surface area contributed by atoms with E-state index in [1.165, 1.54) is 18.3 Å². The fraction of sp³-hybridized carbons (Fsp3) is 0.444. The Labute approximate surface area is 91.1 Å². The first-order valence-corrected chi connectivity index (χ1v) is 5.28. The maximum atomic E-state index is 10.9. The molecule has 0 bridgehead atoms. The third kappa shape index (κ3) is 3.67. The number of carboxylic acids is 1. The van der Waals surface area contributed by atoms with Gasteiger partial charge in [-0.15, -0.1) is 11.3 Å². The van der Waals surface area contributed by atoms with Gasteiger partial charge in [-0.2, -0.15) is 0 Å². The monoisotopic (exact) mass is 228 g/mol.